The molecule has 1 atom stereocenters. The maximum absolute atomic E-state index is 12.6. The van der Waals surface area contributed by atoms with Gasteiger partial charge in [0.15, 0.2) is 0 Å². The van der Waals surface area contributed by atoms with Crippen molar-refractivity contribution in [2.24, 2.45) is 0 Å². The highest BCUT2D eigenvalue weighted by Gasteiger charge is 2.29. The van der Waals surface area contributed by atoms with Gasteiger partial charge in [-0.05, 0) is 57.6 Å². The molecule has 0 bridgehead atoms. The molecular weight excluding hydrogens is 436 g/mol. The van der Waals surface area contributed by atoms with Crippen LogP contribution in [0.5, 0.6) is 0 Å². The summed E-state index contributed by atoms with van der Waals surface area (Å²) in [5.74, 6) is 2.22. The van der Waals surface area contributed by atoms with Crippen LogP contribution in [0.15, 0.2) is 12.3 Å². The zero-order chi connectivity index (χ0) is 24.3. The summed E-state index contributed by atoms with van der Waals surface area (Å²) in [6.07, 6.45) is 18.4. The predicted octanol–water partition coefficient (Wildman–Crippen LogP) is 5.08. The first-order valence-electron chi connectivity index (χ1n) is 14.6. The lowest BCUT2D eigenvalue weighted by Crippen LogP contribution is -2.49. The number of unbranched alkanes of at least 4 members (excludes halogenated alkanes) is 3. The summed E-state index contributed by atoms with van der Waals surface area (Å²) in [5, 5.41) is 3.69. The molecule has 0 spiro atoms. The molecule has 35 heavy (non-hydrogen) atoms. The molecule has 1 aromatic rings. The third kappa shape index (κ3) is 8.06. The topological polar surface area (TPSA) is 64.6 Å². The van der Waals surface area contributed by atoms with Crippen molar-refractivity contribution in [1.82, 2.24) is 19.8 Å². The number of nitrogens with zero attached hydrogens (tertiary/aromatic N) is 5. The number of carbonyl (C=O) groups excluding carboxylic acids is 1. The molecule has 3 aliphatic heterocycles. The van der Waals surface area contributed by atoms with Crippen LogP contribution in [0.3, 0.4) is 0 Å². The Morgan fingerprint density at radius 1 is 0.943 bits per heavy atom. The largest absolute Gasteiger partial charge is 0.356 e. The van der Waals surface area contributed by atoms with E-state index in [1.165, 1.54) is 70.8 Å². The van der Waals surface area contributed by atoms with Gasteiger partial charge < -0.3 is 15.1 Å². The van der Waals surface area contributed by atoms with E-state index in [1.807, 2.05) is 6.20 Å². The van der Waals surface area contributed by atoms with Gasteiger partial charge in [0.1, 0.15) is 5.82 Å². The minimum atomic E-state index is 0.372. The molecule has 3 aliphatic rings. The molecule has 4 heterocycles. The number of likely N-dealkylation sites (tertiary alicyclic amines) is 2. The summed E-state index contributed by atoms with van der Waals surface area (Å²) in [5.41, 5.74) is 0. The number of carbonyl (C=O) groups is 1. The van der Waals surface area contributed by atoms with Crippen LogP contribution in [0.25, 0.3) is 0 Å². The van der Waals surface area contributed by atoms with E-state index in [0.717, 1.165) is 70.2 Å². The van der Waals surface area contributed by atoms with Gasteiger partial charge in [-0.2, -0.15) is 4.98 Å². The van der Waals surface area contributed by atoms with Crippen molar-refractivity contribution in [3.63, 3.8) is 0 Å². The molecule has 196 valence electrons. The highest BCUT2D eigenvalue weighted by molar-refractivity contribution is 5.76. The molecule has 3 saturated heterocycles. The molecule has 1 unspecified atom stereocenters. The normalized spacial score (nSPS) is 23.1. The maximum atomic E-state index is 12.6. The lowest BCUT2D eigenvalue weighted by atomic mass is 10.0. The molecule has 7 heteroatoms. The molecule has 3 fully saturated rings. The lowest BCUT2D eigenvalue weighted by molar-refractivity contribution is -0.132. The van der Waals surface area contributed by atoms with Gasteiger partial charge in [0, 0.05) is 57.4 Å². The van der Waals surface area contributed by atoms with E-state index >= 15 is 0 Å². The average Bonchev–Trinajstić information content (AvgIpc) is 3.30. The van der Waals surface area contributed by atoms with Gasteiger partial charge >= 0.3 is 0 Å². The Morgan fingerprint density at radius 2 is 1.71 bits per heavy atom. The Morgan fingerprint density at radius 3 is 2.49 bits per heavy atom. The molecule has 0 radical (unpaired) electrons. The Balaban J connectivity index is 1.27. The number of piperidine rings is 1. The third-order valence-electron chi connectivity index (χ3n) is 8.18. The number of amides is 1. The van der Waals surface area contributed by atoms with Crippen molar-refractivity contribution >= 4 is 17.7 Å². The average molecular weight is 485 g/mol. The number of nitrogens with one attached hydrogen (secondary N) is 1. The van der Waals surface area contributed by atoms with Gasteiger partial charge in [-0.1, -0.05) is 45.4 Å². The fourth-order valence-electron chi connectivity index (χ4n) is 6.04. The second-order valence-corrected chi connectivity index (χ2v) is 10.9. The van der Waals surface area contributed by atoms with Crippen LogP contribution in [-0.2, 0) is 4.79 Å². The molecule has 4 rings (SSSR count). The lowest BCUT2D eigenvalue weighted by Gasteiger charge is -2.39. The monoisotopic (exact) mass is 484 g/mol. The Labute approximate surface area is 213 Å². The number of rotatable bonds is 9. The second kappa shape index (κ2) is 14.0. The zero-order valence-electron chi connectivity index (χ0n) is 22.1. The third-order valence-corrected chi connectivity index (χ3v) is 8.18. The zero-order valence-corrected chi connectivity index (χ0v) is 22.1. The number of hydrogen-bond donors (Lipinski definition) is 1. The predicted molar refractivity (Wildman–Crippen MR) is 144 cm³/mol. The summed E-state index contributed by atoms with van der Waals surface area (Å²) in [6, 6.07) is 3.04. The Hall–Kier alpha value is -1.89. The van der Waals surface area contributed by atoms with Crippen molar-refractivity contribution in [3.8, 4) is 0 Å². The number of aromatic nitrogens is 2. The summed E-state index contributed by atoms with van der Waals surface area (Å²) >= 11 is 0. The van der Waals surface area contributed by atoms with Gasteiger partial charge in [0.25, 0.3) is 0 Å². The van der Waals surface area contributed by atoms with E-state index in [-0.39, 0.29) is 0 Å². The first-order chi connectivity index (χ1) is 17.2. The van der Waals surface area contributed by atoms with Crippen LogP contribution < -0.4 is 10.2 Å². The van der Waals surface area contributed by atoms with Crippen LogP contribution in [0.2, 0.25) is 0 Å². The highest BCUT2D eigenvalue weighted by Crippen LogP contribution is 2.24. The van der Waals surface area contributed by atoms with Gasteiger partial charge in [-0.15, -0.1) is 0 Å². The smallest absolute Gasteiger partial charge is 0.224 e. The summed E-state index contributed by atoms with van der Waals surface area (Å²) in [6.45, 7) is 8.49. The van der Waals surface area contributed by atoms with E-state index in [4.69, 9.17) is 4.98 Å². The van der Waals surface area contributed by atoms with Crippen LogP contribution in [0, 0.1) is 0 Å². The van der Waals surface area contributed by atoms with E-state index in [0.29, 0.717) is 18.0 Å². The first kappa shape index (κ1) is 26.2. The number of anilines is 2. The molecule has 0 aliphatic carbocycles. The van der Waals surface area contributed by atoms with E-state index in [2.05, 4.69) is 38.0 Å². The van der Waals surface area contributed by atoms with Gasteiger partial charge in [-0.25, -0.2) is 4.98 Å². The van der Waals surface area contributed by atoms with Crippen LogP contribution in [-0.4, -0.2) is 77.0 Å². The van der Waals surface area contributed by atoms with Crippen LogP contribution in [0.1, 0.15) is 96.8 Å². The molecule has 7 nitrogen and oxygen atoms in total. The molecule has 1 N–H and O–H groups in total. The van der Waals surface area contributed by atoms with Crippen molar-refractivity contribution in [1.29, 1.82) is 0 Å². The van der Waals surface area contributed by atoms with Crippen LogP contribution >= 0.6 is 0 Å². The summed E-state index contributed by atoms with van der Waals surface area (Å²) in [7, 11) is 0. The minimum absolute atomic E-state index is 0.372. The standard InChI is InChI=1S/C28H48N6O/c1-2-3-4-7-13-27(35)33-21-15-25(16-22-33)34-20-11-8-12-24(23-34)30-28-29-17-14-26(31-28)32-18-9-5-6-10-19-32/h14,17,24-25H,2-13,15-16,18-23H2,1H3,(H,29,30,31). The van der Waals surface area contributed by atoms with Gasteiger partial charge in [0.2, 0.25) is 11.9 Å². The van der Waals surface area contributed by atoms with Crippen molar-refractivity contribution in [3.05, 3.63) is 12.3 Å². The van der Waals surface area contributed by atoms with E-state index in [1.54, 1.807) is 0 Å². The molecule has 1 aromatic heterocycles. The van der Waals surface area contributed by atoms with Crippen molar-refractivity contribution < 1.29 is 4.79 Å². The summed E-state index contributed by atoms with van der Waals surface area (Å²) in [4.78, 5) is 29.3. The molecule has 0 aromatic carbocycles. The molecule has 0 saturated carbocycles. The van der Waals surface area contributed by atoms with E-state index < -0.39 is 0 Å². The Bertz CT molecular complexity index is 758. The Kier molecular flexibility index (Phi) is 10.5. The van der Waals surface area contributed by atoms with Crippen LogP contribution in [0.4, 0.5) is 11.8 Å². The van der Waals surface area contributed by atoms with E-state index in [9.17, 15) is 4.79 Å². The number of hydrogen-bond acceptors (Lipinski definition) is 6. The summed E-state index contributed by atoms with van der Waals surface area (Å²) < 4.78 is 0. The highest BCUT2D eigenvalue weighted by atomic mass is 16.2. The first-order valence-corrected chi connectivity index (χ1v) is 14.6. The van der Waals surface area contributed by atoms with Gasteiger partial charge in [-0.3, -0.25) is 9.69 Å². The SMILES string of the molecule is CCCCCCC(=O)N1CCC(N2CCCCC(Nc3nccc(N4CCCCCC4)n3)C2)CC1. The van der Waals surface area contributed by atoms with Crippen molar-refractivity contribution in [2.75, 3.05) is 49.5 Å². The van der Waals surface area contributed by atoms with Crippen molar-refractivity contribution in [2.45, 2.75) is 109 Å². The molecule has 1 amide bonds. The molecular formula is C28H48N6O. The fraction of sp³-hybridized carbons (Fsp3) is 0.821. The minimum Gasteiger partial charge on any atom is -0.356 e. The quantitative estimate of drug-likeness (QED) is 0.493. The van der Waals surface area contributed by atoms with Gasteiger partial charge in [0.05, 0.1) is 0 Å². The fourth-order valence-corrected chi connectivity index (χ4v) is 6.04. The maximum Gasteiger partial charge on any atom is 0.224 e. The second-order valence-electron chi connectivity index (χ2n) is 10.9.